The molecule has 0 radical (unpaired) electrons. The fourth-order valence-corrected chi connectivity index (χ4v) is 6.69. The molecule has 0 aliphatic rings. The maximum atomic E-state index is 16.6. The van der Waals surface area contributed by atoms with Crippen molar-refractivity contribution in [2.24, 2.45) is 0 Å². The summed E-state index contributed by atoms with van der Waals surface area (Å²) in [5.41, 5.74) is 4.24. The first kappa shape index (κ1) is 30.2. The lowest BCUT2D eigenvalue weighted by atomic mass is 9.94. The van der Waals surface area contributed by atoms with Gasteiger partial charge in [0.15, 0.2) is 5.82 Å². The molecule has 4 heterocycles. The van der Waals surface area contributed by atoms with E-state index in [0.717, 1.165) is 0 Å². The molecule has 5 rings (SSSR count). The summed E-state index contributed by atoms with van der Waals surface area (Å²) in [7, 11) is -0.546. The van der Waals surface area contributed by atoms with Crippen LogP contribution in [0, 0.1) is 12.7 Å². The van der Waals surface area contributed by atoms with Crippen LogP contribution in [0.25, 0.3) is 33.1 Å². The van der Waals surface area contributed by atoms with Gasteiger partial charge in [0, 0.05) is 29.0 Å². The number of methoxy groups -OCH3 is 1. The number of benzene rings is 1. The first-order valence-electron chi connectivity index (χ1n) is 12.1. The molecule has 17 heteroatoms. The Labute approximate surface area is 253 Å². The standard InChI is InChI=1S/C25H22F4IN8O2PS/c1-10-8-14-13(9-33-38(14)41-30)15(17(10)25(27,28)29)19-18(26)20-16(23(35-19)40-3)22(37-24(36-20)42(4)39)34-11(2)12-6-5-7-32-21(12)31/h5-9,11,41H,1-4H3,(H2,31,32)(H,34,36,37). The van der Waals surface area contributed by atoms with Crippen molar-refractivity contribution in [3.8, 4) is 17.1 Å². The number of aromatic nitrogens is 6. The number of nitrogens with two attached hydrogens (primary N) is 1. The summed E-state index contributed by atoms with van der Waals surface area (Å²) >= 11 is 2.05. The third-order valence-corrected chi connectivity index (χ3v) is 9.13. The second-order valence-electron chi connectivity index (χ2n) is 9.17. The Morgan fingerprint density at radius 3 is 2.62 bits per heavy atom. The Bertz CT molecular complexity index is 1890. The van der Waals surface area contributed by atoms with Crippen LogP contribution in [0.1, 0.15) is 29.7 Å². The number of hydrogen-bond donors (Lipinski definition) is 2. The first-order valence-corrected chi connectivity index (χ1v) is 17.7. The summed E-state index contributed by atoms with van der Waals surface area (Å²) in [6.45, 7) is 3.04. The van der Waals surface area contributed by atoms with E-state index < -0.39 is 51.2 Å². The highest BCUT2D eigenvalue weighted by molar-refractivity contribution is 14.2. The highest BCUT2D eigenvalue weighted by Crippen LogP contribution is 2.47. The van der Waals surface area contributed by atoms with E-state index in [1.165, 1.54) is 43.2 Å². The van der Waals surface area contributed by atoms with Crippen LogP contribution in [0.5, 0.6) is 5.88 Å². The monoisotopic (exact) mass is 732 g/mol. The zero-order chi connectivity index (χ0) is 30.5. The third-order valence-electron chi connectivity index (χ3n) is 6.55. The Hall–Kier alpha value is -3.24. The first-order chi connectivity index (χ1) is 19.9. The second-order valence-corrected chi connectivity index (χ2v) is 12.5. The van der Waals surface area contributed by atoms with Crippen molar-refractivity contribution in [1.82, 2.24) is 29.5 Å². The van der Waals surface area contributed by atoms with Gasteiger partial charge >= 0.3 is 6.18 Å². The van der Waals surface area contributed by atoms with Crippen LogP contribution in [0.15, 0.2) is 35.7 Å². The molecule has 3 unspecified atom stereocenters. The van der Waals surface area contributed by atoms with Gasteiger partial charge in [0.25, 0.3) is 0 Å². The quantitative estimate of drug-likeness (QED) is 0.0870. The molecule has 3 N–H and O–H groups in total. The molecule has 220 valence electrons. The van der Waals surface area contributed by atoms with Crippen molar-refractivity contribution < 1.29 is 26.5 Å². The van der Waals surface area contributed by atoms with Gasteiger partial charge in [0.1, 0.15) is 28.2 Å². The van der Waals surface area contributed by atoms with E-state index in [9.17, 15) is 17.4 Å². The number of pyridine rings is 2. The maximum Gasteiger partial charge on any atom is 0.417 e. The van der Waals surface area contributed by atoms with Crippen molar-refractivity contribution in [3.63, 3.8) is 0 Å². The van der Waals surface area contributed by atoms with Crippen molar-refractivity contribution >= 4 is 72.7 Å². The SMILES string of the molecule is COc1nc(-c2c(C(F)(F)F)c(C)cc3c2cnn3PI)c(F)c2nc(S(C)=O)nc(NC(C)c3cccnc3N)c12. The number of hydrogen-bond acceptors (Lipinski definition) is 9. The van der Waals surface area contributed by atoms with E-state index in [1.54, 1.807) is 19.1 Å². The van der Waals surface area contributed by atoms with Gasteiger partial charge in [-0.2, -0.15) is 18.3 Å². The number of anilines is 2. The number of nitrogens with zero attached hydrogens (tertiary/aromatic N) is 6. The van der Waals surface area contributed by atoms with Crippen LogP contribution >= 0.6 is 28.4 Å². The molecule has 0 aliphatic carbocycles. The number of nitrogen functional groups attached to an aromatic ring is 1. The predicted molar refractivity (Wildman–Crippen MR) is 163 cm³/mol. The van der Waals surface area contributed by atoms with Gasteiger partial charge in [-0.1, -0.05) is 6.07 Å². The van der Waals surface area contributed by atoms with Gasteiger partial charge in [-0.15, -0.1) is 0 Å². The zero-order valence-corrected chi connectivity index (χ0v) is 26.3. The minimum Gasteiger partial charge on any atom is -0.480 e. The van der Waals surface area contributed by atoms with E-state index >= 15 is 4.39 Å². The molecule has 42 heavy (non-hydrogen) atoms. The molecule has 0 amide bonds. The second kappa shape index (κ2) is 11.4. The molecular formula is C25H22F4IN8O2PS. The maximum absolute atomic E-state index is 16.6. The summed E-state index contributed by atoms with van der Waals surface area (Å²) in [5.74, 6) is -1.17. The third kappa shape index (κ3) is 5.24. The van der Waals surface area contributed by atoms with Crippen LogP contribution in [0.4, 0.5) is 29.2 Å². The molecule has 4 aromatic heterocycles. The topological polar surface area (TPSA) is 134 Å². The summed E-state index contributed by atoms with van der Waals surface area (Å²) < 4.78 is 79.6. The van der Waals surface area contributed by atoms with Crippen molar-refractivity contribution in [2.75, 3.05) is 24.4 Å². The fraction of sp³-hybridized carbons (Fsp3) is 0.240. The van der Waals surface area contributed by atoms with Gasteiger partial charge in [-0.05, 0) is 53.6 Å². The molecule has 10 nitrogen and oxygen atoms in total. The Morgan fingerprint density at radius 2 is 2.00 bits per heavy atom. The fourth-order valence-electron chi connectivity index (χ4n) is 4.72. The molecule has 0 aliphatic heterocycles. The number of ether oxygens (including phenoxy) is 1. The van der Waals surface area contributed by atoms with Gasteiger partial charge in [-0.25, -0.2) is 28.8 Å². The molecule has 0 saturated heterocycles. The largest absolute Gasteiger partial charge is 0.480 e. The normalized spacial score (nSPS) is 13.7. The number of fused-ring (bicyclic) bond motifs is 2. The number of rotatable bonds is 7. The highest BCUT2D eigenvalue weighted by atomic mass is 127. The Morgan fingerprint density at radius 1 is 1.26 bits per heavy atom. The average Bonchev–Trinajstić information content (AvgIpc) is 3.34. The van der Waals surface area contributed by atoms with E-state index in [-0.39, 0.29) is 45.4 Å². The lowest BCUT2D eigenvalue weighted by molar-refractivity contribution is -0.137. The van der Waals surface area contributed by atoms with Gasteiger partial charge in [-0.3, -0.25) is 4.21 Å². The smallest absolute Gasteiger partial charge is 0.417 e. The summed E-state index contributed by atoms with van der Waals surface area (Å²) in [5, 5.41) is 7.05. The van der Waals surface area contributed by atoms with Crippen LogP contribution in [-0.4, -0.2) is 47.1 Å². The van der Waals surface area contributed by atoms with Crippen LogP contribution in [-0.2, 0) is 17.0 Å². The summed E-state index contributed by atoms with van der Waals surface area (Å²) in [4.78, 5) is 16.8. The Kier molecular flexibility index (Phi) is 8.24. The molecule has 5 aromatic rings. The molecule has 0 spiro atoms. The lowest BCUT2D eigenvalue weighted by Crippen LogP contribution is -2.15. The minimum absolute atomic E-state index is 0.000110. The van der Waals surface area contributed by atoms with Gasteiger partial charge in [0.05, 0.1) is 47.6 Å². The molecule has 0 fully saturated rings. The summed E-state index contributed by atoms with van der Waals surface area (Å²) in [6.07, 6.45) is -0.699. The summed E-state index contributed by atoms with van der Waals surface area (Å²) in [6, 6.07) is 4.25. The van der Waals surface area contributed by atoms with Gasteiger partial charge < -0.3 is 15.8 Å². The van der Waals surface area contributed by atoms with E-state index in [0.29, 0.717) is 11.1 Å². The van der Waals surface area contributed by atoms with Crippen LogP contribution in [0.2, 0.25) is 0 Å². The van der Waals surface area contributed by atoms with Crippen molar-refractivity contribution in [3.05, 3.63) is 53.1 Å². The molecule has 1 aromatic carbocycles. The average molecular weight is 732 g/mol. The molecular weight excluding hydrogens is 710 g/mol. The van der Waals surface area contributed by atoms with Crippen molar-refractivity contribution in [1.29, 1.82) is 0 Å². The van der Waals surface area contributed by atoms with E-state index in [1.807, 2.05) is 0 Å². The molecule has 3 atom stereocenters. The van der Waals surface area contributed by atoms with E-state index in [4.69, 9.17) is 10.5 Å². The number of nitrogens with one attached hydrogen (secondary N) is 1. The minimum atomic E-state index is -4.85. The number of aryl methyl sites for hydroxylation is 1. The predicted octanol–water partition coefficient (Wildman–Crippen LogP) is 6.20. The van der Waals surface area contributed by atoms with Crippen LogP contribution < -0.4 is 15.8 Å². The van der Waals surface area contributed by atoms with Gasteiger partial charge in [0.2, 0.25) is 11.0 Å². The number of halogens is 5. The van der Waals surface area contributed by atoms with Crippen molar-refractivity contribution in [2.45, 2.75) is 31.2 Å². The zero-order valence-electron chi connectivity index (χ0n) is 22.3. The lowest BCUT2D eigenvalue weighted by Gasteiger charge is -2.21. The Balaban J connectivity index is 1.86. The van der Waals surface area contributed by atoms with Crippen LogP contribution in [0.3, 0.4) is 0 Å². The van der Waals surface area contributed by atoms with E-state index in [2.05, 4.69) is 52.4 Å². The number of alkyl halides is 3. The highest BCUT2D eigenvalue weighted by Gasteiger charge is 2.39. The molecule has 0 bridgehead atoms. The molecule has 0 saturated carbocycles.